The Balaban J connectivity index is 0.000000286. The number of imidazole rings is 1. The predicted molar refractivity (Wildman–Crippen MR) is 71.4 cm³/mol. The summed E-state index contributed by atoms with van der Waals surface area (Å²) in [5.41, 5.74) is 0.180. The number of hydrogen-bond donors (Lipinski definition) is 3. The Bertz CT molecular complexity index is 695. The standard InChI is InChI=1S/C8H10N4O2.C3H8O3/c1-10-4-9-6-5(10)7(13)12(3)8(14)11(6)2;4-1-3(6)2-5/h4H,1-3H3;3-6H,1-2H2. The van der Waals surface area contributed by atoms with Crippen molar-refractivity contribution in [3.63, 3.8) is 0 Å². The summed E-state index contributed by atoms with van der Waals surface area (Å²) in [7, 11) is 4.77. The second-order valence-corrected chi connectivity index (χ2v) is 4.25. The van der Waals surface area contributed by atoms with Crippen LogP contribution in [-0.4, -0.2) is 53.3 Å². The maximum Gasteiger partial charge on any atom is 0.332 e. The Morgan fingerprint density at radius 3 is 2.15 bits per heavy atom. The Hall–Kier alpha value is -1.97. The van der Waals surface area contributed by atoms with Gasteiger partial charge in [0.2, 0.25) is 0 Å². The number of aromatic nitrogens is 4. The highest BCUT2D eigenvalue weighted by Gasteiger charge is 2.11. The van der Waals surface area contributed by atoms with Crippen molar-refractivity contribution in [3.8, 4) is 0 Å². The zero-order chi connectivity index (χ0) is 15.4. The van der Waals surface area contributed by atoms with E-state index in [1.807, 2.05) is 0 Å². The number of aryl methyl sites for hydroxylation is 2. The van der Waals surface area contributed by atoms with Gasteiger partial charge in [-0.1, -0.05) is 0 Å². The first-order valence-corrected chi connectivity index (χ1v) is 5.82. The minimum atomic E-state index is -0.954. The predicted octanol–water partition coefficient (Wildman–Crippen LogP) is -2.70. The van der Waals surface area contributed by atoms with Crippen molar-refractivity contribution in [3.05, 3.63) is 27.2 Å². The van der Waals surface area contributed by atoms with Crippen LogP contribution >= 0.6 is 0 Å². The van der Waals surface area contributed by atoms with Gasteiger partial charge in [0, 0.05) is 21.1 Å². The van der Waals surface area contributed by atoms with Crippen molar-refractivity contribution >= 4 is 11.2 Å². The lowest BCUT2D eigenvalue weighted by atomic mass is 10.4. The topological polar surface area (TPSA) is 123 Å². The first-order valence-electron chi connectivity index (χ1n) is 5.82. The third-order valence-corrected chi connectivity index (χ3v) is 2.74. The van der Waals surface area contributed by atoms with Gasteiger partial charge in [-0.05, 0) is 0 Å². The van der Waals surface area contributed by atoms with Crippen LogP contribution in [0.3, 0.4) is 0 Å². The molecule has 0 fully saturated rings. The maximum atomic E-state index is 11.7. The number of nitrogens with zero attached hydrogens (tertiary/aromatic N) is 4. The molecule has 2 aromatic heterocycles. The molecular weight excluding hydrogens is 268 g/mol. The summed E-state index contributed by atoms with van der Waals surface area (Å²) < 4.78 is 4.04. The molecule has 2 aromatic rings. The van der Waals surface area contributed by atoms with E-state index in [9.17, 15) is 9.59 Å². The van der Waals surface area contributed by atoms with E-state index in [4.69, 9.17) is 15.3 Å². The highest BCUT2D eigenvalue weighted by Crippen LogP contribution is 2.01. The summed E-state index contributed by atoms with van der Waals surface area (Å²) in [4.78, 5) is 27.2. The van der Waals surface area contributed by atoms with Crippen LogP contribution in [0.25, 0.3) is 11.2 Å². The summed E-state index contributed by atoms with van der Waals surface area (Å²) in [6.45, 7) is -0.729. The van der Waals surface area contributed by atoms with E-state index in [0.29, 0.717) is 11.2 Å². The van der Waals surface area contributed by atoms with E-state index in [1.54, 1.807) is 18.7 Å². The van der Waals surface area contributed by atoms with Gasteiger partial charge in [-0.25, -0.2) is 9.78 Å². The lowest BCUT2D eigenvalue weighted by Crippen LogP contribution is -2.37. The molecule has 112 valence electrons. The Labute approximate surface area is 114 Å². The lowest BCUT2D eigenvalue weighted by molar-refractivity contribution is 0.0450. The molecular formula is C11H18N4O5. The van der Waals surface area contributed by atoms with Gasteiger partial charge < -0.3 is 19.9 Å². The van der Waals surface area contributed by atoms with E-state index >= 15 is 0 Å². The molecule has 0 unspecified atom stereocenters. The second kappa shape index (κ2) is 6.46. The van der Waals surface area contributed by atoms with Gasteiger partial charge in [0.1, 0.15) is 6.10 Å². The molecule has 9 heteroatoms. The van der Waals surface area contributed by atoms with Gasteiger partial charge in [0.25, 0.3) is 5.56 Å². The lowest BCUT2D eigenvalue weighted by Gasteiger charge is -2.02. The first kappa shape index (κ1) is 16.1. The van der Waals surface area contributed by atoms with Crippen molar-refractivity contribution in [1.82, 2.24) is 18.7 Å². The number of rotatable bonds is 2. The molecule has 2 heterocycles. The van der Waals surface area contributed by atoms with Crippen molar-refractivity contribution in [1.29, 1.82) is 0 Å². The van der Waals surface area contributed by atoms with Crippen LogP contribution in [0.1, 0.15) is 0 Å². The van der Waals surface area contributed by atoms with Crippen LogP contribution in [0.2, 0.25) is 0 Å². The number of aliphatic hydroxyl groups excluding tert-OH is 3. The van der Waals surface area contributed by atoms with Gasteiger partial charge in [0.15, 0.2) is 11.2 Å². The van der Waals surface area contributed by atoms with E-state index in [2.05, 4.69) is 4.98 Å². The molecule has 0 aromatic carbocycles. The number of aliphatic hydroxyl groups is 3. The third-order valence-electron chi connectivity index (χ3n) is 2.74. The molecule has 2 rings (SSSR count). The van der Waals surface area contributed by atoms with Gasteiger partial charge in [-0.2, -0.15) is 0 Å². The van der Waals surface area contributed by atoms with Crippen LogP contribution < -0.4 is 11.2 Å². The summed E-state index contributed by atoms with van der Waals surface area (Å²) in [6, 6.07) is 0. The molecule has 3 N–H and O–H groups in total. The highest BCUT2D eigenvalue weighted by atomic mass is 16.3. The van der Waals surface area contributed by atoms with Crippen molar-refractivity contribution in [2.75, 3.05) is 13.2 Å². The fourth-order valence-corrected chi connectivity index (χ4v) is 1.53. The highest BCUT2D eigenvalue weighted by molar-refractivity contribution is 5.69. The largest absolute Gasteiger partial charge is 0.394 e. The van der Waals surface area contributed by atoms with E-state index in [1.165, 1.54) is 17.9 Å². The van der Waals surface area contributed by atoms with E-state index < -0.39 is 6.10 Å². The minimum absolute atomic E-state index is 0.317. The zero-order valence-corrected chi connectivity index (χ0v) is 11.5. The van der Waals surface area contributed by atoms with Crippen molar-refractivity contribution in [2.45, 2.75) is 6.10 Å². The molecule has 0 atom stereocenters. The SMILES string of the molecule is Cn1c(=O)c2c(ncn2C)n(C)c1=O.OCC(O)CO. The van der Waals surface area contributed by atoms with Gasteiger partial charge in [-0.3, -0.25) is 13.9 Å². The van der Waals surface area contributed by atoms with Gasteiger partial charge in [-0.15, -0.1) is 0 Å². The summed E-state index contributed by atoms with van der Waals surface area (Å²) >= 11 is 0. The number of hydrogen-bond acceptors (Lipinski definition) is 6. The van der Waals surface area contributed by atoms with Crippen molar-refractivity contribution in [2.24, 2.45) is 21.1 Å². The van der Waals surface area contributed by atoms with Crippen LogP contribution in [0.5, 0.6) is 0 Å². The molecule has 20 heavy (non-hydrogen) atoms. The molecule has 0 amide bonds. The normalized spacial score (nSPS) is 10.8. The summed E-state index contributed by atoms with van der Waals surface area (Å²) in [5.74, 6) is 0. The van der Waals surface area contributed by atoms with Crippen LogP contribution in [0, 0.1) is 0 Å². The summed E-state index contributed by atoms with van der Waals surface area (Å²) in [5, 5.41) is 24.0. The average Bonchev–Trinajstić information content (AvgIpc) is 2.84. The maximum absolute atomic E-state index is 11.7. The van der Waals surface area contributed by atoms with Gasteiger partial charge in [0.05, 0.1) is 19.5 Å². The molecule has 9 nitrogen and oxygen atoms in total. The monoisotopic (exact) mass is 286 g/mol. The first-order chi connectivity index (χ1) is 9.34. The minimum Gasteiger partial charge on any atom is -0.394 e. The molecule has 0 bridgehead atoms. The molecule has 0 saturated carbocycles. The Morgan fingerprint density at radius 1 is 1.15 bits per heavy atom. The molecule has 0 radical (unpaired) electrons. The average molecular weight is 286 g/mol. The molecule has 0 spiro atoms. The van der Waals surface area contributed by atoms with E-state index in [-0.39, 0.29) is 24.5 Å². The quantitative estimate of drug-likeness (QED) is 0.552. The van der Waals surface area contributed by atoms with Crippen LogP contribution in [0.15, 0.2) is 15.9 Å². The fraction of sp³-hybridized carbons (Fsp3) is 0.545. The Morgan fingerprint density at radius 2 is 1.70 bits per heavy atom. The third kappa shape index (κ3) is 2.95. The summed E-state index contributed by atoms with van der Waals surface area (Å²) in [6.07, 6.45) is 0.566. The van der Waals surface area contributed by atoms with Gasteiger partial charge >= 0.3 is 5.69 Å². The molecule has 0 saturated heterocycles. The van der Waals surface area contributed by atoms with Crippen LogP contribution in [0.4, 0.5) is 0 Å². The van der Waals surface area contributed by atoms with Crippen molar-refractivity contribution < 1.29 is 15.3 Å². The van der Waals surface area contributed by atoms with E-state index in [0.717, 1.165) is 4.57 Å². The molecule has 0 aliphatic rings. The smallest absolute Gasteiger partial charge is 0.332 e. The number of fused-ring (bicyclic) bond motifs is 1. The zero-order valence-electron chi connectivity index (χ0n) is 11.5. The fourth-order valence-electron chi connectivity index (χ4n) is 1.53. The van der Waals surface area contributed by atoms with Crippen LogP contribution in [-0.2, 0) is 21.1 Å². The Kier molecular flexibility index (Phi) is 5.19. The molecule has 0 aliphatic heterocycles. The molecule has 0 aliphatic carbocycles. The second-order valence-electron chi connectivity index (χ2n) is 4.25.